The highest BCUT2D eigenvalue weighted by molar-refractivity contribution is 5.38. The first kappa shape index (κ1) is 13.1. The largest absolute Gasteiger partial charge is 0.354 e. The van der Waals surface area contributed by atoms with E-state index in [9.17, 15) is 0 Å². The molecule has 22 heavy (non-hydrogen) atoms. The molecule has 4 heterocycles. The molecule has 6 nitrogen and oxygen atoms in total. The van der Waals surface area contributed by atoms with E-state index in [4.69, 9.17) is 0 Å². The fraction of sp³-hybridized carbons (Fsp3) is 0.312. The van der Waals surface area contributed by atoms with Crippen molar-refractivity contribution in [2.45, 2.75) is 19.5 Å². The van der Waals surface area contributed by atoms with Crippen LogP contribution in [-0.4, -0.2) is 37.4 Å². The highest BCUT2D eigenvalue weighted by Gasteiger charge is 2.18. The third kappa shape index (κ3) is 2.47. The monoisotopic (exact) mass is 294 g/mol. The molecule has 0 atom stereocenters. The van der Waals surface area contributed by atoms with Crippen LogP contribution in [0.3, 0.4) is 0 Å². The molecular weight excluding hydrogens is 276 g/mol. The fourth-order valence-electron chi connectivity index (χ4n) is 2.95. The van der Waals surface area contributed by atoms with Crippen molar-refractivity contribution < 1.29 is 0 Å². The zero-order valence-electron chi connectivity index (χ0n) is 12.3. The van der Waals surface area contributed by atoms with Crippen molar-refractivity contribution in [3.8, 4) is 0 Å². The number of pyridine rings is 1. The van der Waals surface area contributed by atoms with Gasteiger partial charge in [0.05, 0.1) is 18.4 Å². The van der Waals surface area contributed by atoms with Crippen LogP contribution >= 0.6 is 0 Å². The minimum atomic E-state index is 0.767. The minimum absolute atomic E-state index is 0.767. The molecule has 0 radical (unpaired) electrons. The zero-order valence-corrected chi connectivity index (χ0v) is 12.3. The maximum absolute atomic E-state index is 4.60. The van der Waals surface area contributed by atoms with Crippen molar-refractivity contribution in [3.63, 3.8) is 0 Å². The zero-order chi connectivity index (χ0) is 14.8. The molecule has 1 aliphatic rings. The minimum Gasteiger partial charge on any atom is -0.354 e. The Morgan fingerprint density at radius 2 is 2.00 bits per heavy atom. The van der Waals surface area contributed by atoms with Crippen molar-refractivity contribution >= 4 is 5.82 Å². The maximum atomic E-state index is 4.60. The average molecular weight is 294 g/mol. The molecule has 1 aliphatic heterocycles. The molecule has 0 unspecified atom stereocenters. The van der Waals surface area contributed by atoms with E-state index >= 15 is 0 Å². The molecule has 0 saturated heterocycles. The number of fused-ring (bicyclic) bond motifs is 1. The number of nitrogens with zero attached hydrogens (tertiary/aromatic N) is 6. The number of anilines is 1. The van der Waals surface area contributed by atoms with Gasteiger partial charge in [-0.15, -0.1) is 0 Å². The lowest BCUT2D eigenvalue weighted by atomic mass is 10.3. The van der Waals surface area contributed by atoms with Crippen molar-refractivity contribution in [1.29, 1.82) is 0 Å². The average Bonchev–Trinajstić information content (AvgIpc) is 3.15. The Kier molecular flexibility index (Phi) is 3.34. The topological polar surface area (TPSA) is 51.8 Å². The number of rotatable bonds is 3. The number of hydrogen-bond acceptors (Lipinski definition) is 4. The summed E-state index contributed by atoms with van der Waals surface area (Å²) in [5.74, 6) is 2.20. The molecule has 0 spiro atoms. The second kappa shape index (κ2) is 5.63. The third-order valence-electron chi connectivity index (χ3n) is 4.08. The molecule has 3 aromatic heterocycles. The summed E-state index contributed by atoms with van der Waals surface area (Å²) in [6.07, 6.45) is 8.56. The predicted octanol–water partition coefficient (Wildman–Crippen LogP) is 1.59. The summed E-state index contributed by atoms with van der Waals surface area (Å²) in [5, 5.41) is 4.28. The Morgan fingerprint density at radius 1 is 1.00 bits per heavy atom. The van der Waals surface area contributed by atoms with Crippen molar-refractivity contribution in [3.05, 3.63) is 60.6 Å². The number of aromatic nitrogens is 5. The SMILES string of the molecule is c1ccc(N2CCc3ncc(Cn4cccn4)n3CC2)nc1. The van der Waals surface area contributed by atoms with E-state index in [-0.39, 0.29) is 0 Å². The van der Waals surface area contributed by atoms with Gasteiger partial charge in [0, 0.05) is 44.6 Å². The van der Waals surface area contributed by atoms with Gasteiger partial charge in [0.25, 0.3) is 0 Å². The molecule has 3 aromatic rings. The van der Waals surface area contributed by atoms with Gasteiger partial charge in [0.2, 0.25) is 0 Å². The molecule has 0 N–H and O–H groups in total. The highest BCUT2D eigenvalue weighted by Crippen LogP contribution is 2.16. The summed E-state index contributed by atoms with van der Waals surface area (Å²) in [7, 11) is 0. The quantitative estimate of drug-likeness (QED) is 0.736. The van der Waals surface area contributed by atoms with Crippen LogP contribution in [0.2, 0.25) is 0 Å². The summed E-state index contributed by atoms with van der Waals surface area (Å²) in [6.45, 7) is 3.60. The summed E-state index contributed by atoms with van der Waals surface area (Å²) in [6, 6.07) is 8.00. The van der Waals surface area contributed by atoms with Crippen LogP contribution in [-0.2, 0) is 19.5 Å². The van der Waals surface area contributed by atoms with Gasteiger partial charge in [-0.05, 0) is 18.2 Å². The van der Waals surface area contributed by atoms with Crippen molar-refractivity contribution in [2.24, 2.45) is 0 Å². The Bertz CT molecular complexity index is 731. The van der Waals surface area contributed by atoms with E-state index < -0.39 is 0 Å². The van der Waals surface area contributed by atoms with Gasteiger partial charge in [-0.25, -0.2) is 9.97 Å². The summed E-state index contributed by atoms with van der Waals surface area (Å²) < 4.78 is 4.26. The molecular formula is C16H18N6. The van der Waals surface area contributed by atoms with Gasteiger partial charge in [-0.1, -0.05) is 6.07 Å². The summed E-state index contributed by atoms with van der Waals surface area (Å²) >= 11 is 0. The van der Waals surface area contributed by atoms with Crippen LogP contribution < -0.4 is 4.90 Å². The molecule has 0 amide bonds. The lowest BCUT2D eigenvalue weighted by Gasteiger charge is -2.20. The smallest absolute Gasteiger partial charge is 0.128 e. The van der Waals surface area contributed by atoms with Gasteiger partial charge in [0.1, 0.15) is 11.6 Å². The Balaban J connectivity index is 1.54. The van der Waals surface area contributed by atoms with Crippen LogP contribution in [0.1, 0.15) is 11.5 Å². The van der Waals surface area contributed by atoms with Gasteiger partial charge < -0.3 is 9.47 Å². The van der Waals surface area contributed by atoms with E-state index in [0.29, 0.717) is 0 Å². The Labute approximate surface area is 129 Å². The molecule has 0 aliphatic carbocycles. The van der Waals surface area contributed by atoms with Gasteiger partial charge in [-0.3, -0.25) is 4.68 Å². The van der Waals surface area contributed by atoms with Crippen molar-refractivity contribution in [2.75, 3.05) is 18.0 Å². The van der Waals surface area contributed by atoms with Crippen LogP contribution in [0, 0.1) is 0 Å². The maximum Gasteiger partial charge on any atom is 0.128 e. The second-order valence-corrected chi connectivity index (χ2v) is 5.45. The standard InChI is InChI=1S/C16H18N6/c1-2-6-17-15(4-1)20-9-5-16-18-12-14(22(16)11-10-20)13-21-8-3-7-19-21/h1-4,6-8,12H,5,9-11,13H2. The first-order valence-electron chi connectivity index (χ1n) is 7.57. The van der Waals surface area contributed by atoms with Crippen LogP contribution in [0.5, 0.6) is 0 Å². The predicted molar refractivity (Wildman–Crippen MR) is 83.7 cm³/mol. The highest BCUT2D eigenvalue weighted by atomic mass is 15.3. The molecule has 112 valence electrons. The lowest BCUT2D eigenvalue weighted by molar-refractivity contribution is 0.601. The van der Waals surface area contributed by atoms with E-state index in [2.05, 4.69) is 30.6 Å². The fourth-order valence-corrected chi connectivity index (χ4v) is 2.95. The number of imidazole rings is 1. The Hall–Kier alpha value is -2.63. The number of hydrogen-bond donors (Lipinski definition) is 0. The molecule has 0 saturated carbocycles. The molecule has 0 bridgehead atoms. The normalized spacial score (nSPS) is 14.6. The van der Waals surface area contributed by atoms with Crippen LogP contribution in [0.4, 0.5) is 5.82 Å². The second-order valence-electron chi connectivity index (χ2n) is 5.45. The van der Waals surface area contributed by atoms with Crippen LogP contribution in [0.25, 0.3) is 0 Å². The summed E-state index contributed by atoms with van der Waals surface area (Å²) in [4.78, 5) is 11.4. The van der Waals surface area contributed by atoms with E-state index in [1.165, 1.54) is 5.69 Å². The molecule has 0 fully saturated rings. The molecule has 4 rings (SSSR count). The van der Waals surface area contributed by atoms with Gasteiger partial charge in [-0.2, -0.15) is 5.10 Å². The first-order chi connectivity index (χ1) is 10.9. The molecule has 6 heteroatoms. The third-order valence-corrected chi connectivity index (χ3v) is 4.08. The lowest BCUT2D eigenvalue weighted by Crippen LogP contribution is -2.27. The van der Waals surface area contributed by atoms with E-state index in [1.54, 1.807) is 0 Å². The van der Waals surface area contributed by atoms with Crippen LogP contribution in [0.15, 0.2) is 49.1 Å². The van der Waals surface area contributed by atoms with Gasteiger partial charge >= 0.3 is 0 Å². The van der Waals surface area contributed by atoms with Gasteiger partial charge in [0.15, 0.2) is 0 Å². The Morgan fingerprint density at radius 3 is 2.82 bits per heavy atom. The summed E-state index contributed by atoms with van der Waals surface area (Å²) in [5.41, 5.74) is 1.21. The first-order valence-corrected chi connectivity index (χ1v) is 7.57. The van der Waals surface area contributed by atoms with E-state index in [1.807, 2.05) is 47.7 Å². The molecule has 0 aromatic carbocycles. The van der Waals surface area contributed by atoms with E-state index in [0.717, 1.165) is 44.2 Å². The van der Waals surface area contributed by atoms with Crippen molar-refractivity contribution in [1.82, 2.24) is 24.3 Å².